The van der Waals surface area contributed by atoms with E-state index in [-0.39, 0.29) is 23.1 Å². The summed E-state index contributed by atoms with van der Waals surface area (Å²) in [6, 6.07) is 10.3. The van der Waals surface area contributed by atoms with Crippen molar-refractivity contribution in [2.45, 2.75) is 13.0 Å². The van der Waals surface area contributed by atoms with Gasteiger partial charge in [0.1, 0.15) is 12.2 Å². The van der Waals surface area contributed by atoms with Gasteiger partial charge in [0.25, 0.3) is 0 Å². The number of halogens is 2. The summed E-state index contributed by atoms with van der Waals surface area (Å²) in [6.07, 6.45) is 0.460. The van der Waals surface area contributed by atoms with Gasteiger partial charge in [0.05, 0.1) is 35.1 Å². The molecule has 10 nitrogen and oxygen atoms in total. The van der Waals surface area contributed by atoms with Crippen molar-refractivity contribution < 1.29 is 31.9 Å². The van der Waals surface area contributed by atoms with Crippen LogP contribution in [0, 0.1) is 5.82 Å². The lowest BCUT2D eigenvalue weighted by atomic mass is 10.2. The van der Waals surface area contributed by atoms with Gasteiger partial charge in [-0.25, -0.2) is 22.5 Å². The molecule has 0 radical (unpaired) electrons. The van der Waals surface area contributed by atoms with E-state index >= 15 is 0 Å². The van der Waals surface area contributed by atoms with Crippen LogP contribution in [0.5, 0.6) is 17.2 Å². The molecule has 0 saturated carbocycles. The minimum absolute atomic E-state index is 0.0233. The third-order valence-corrected chi connectivity index (χ3v) is 6.64. The molecule has 3 N–H and O–H groups in total. The Morgan fingerprint density at radius 1 is 1.09 bits per heavy atom. The largest absolute Gasteiger partial charge is 0.493 e. The number of para-hydroxylation sites is 2. The summed E-state index contributed by atoms with van der Waals surface area (Å²) in [7, 11) is -1.96. The summed E-state index contributed by atoms with van der Waals surface area (Å²) in [5, 5.41) is 5.20. The second-order valence-corrected chi connectivity index (χ2v) is 11.1. The number of nitrogens with one attached hydrogen (secondary N) is 3. The van der Waals surface area contributed by atoms with E-state index < -0.39 is 34.1 Å². The Morgan fingerprint density at radius 3 is 2.46 bits per heavy atom. The lowest BCUT2D eigenvalue weighted by Gasteiger charge is -2.14. The minimum Gasteiger partial charge on any atom is -0.493 e. The van der Waals surface area contributed by atoms with Gasteiger partial charge in [-0.05, 0) is 40.2 Å². The first-order valence-corrected chi connectivity index (χ1v) is 13.3. The Bertz CT molecular complexity index is 1350. The summed E-state index contributed by atoms with van der Waals surface area (Å²) in [6.45, 7) is -0.0637. The first kappa shape index (κ1) is 26.5. The van der Waals surface area contributed by atoms with Gasteiger partial charge in [0.15, 0.2) is 22.4 Å². The van der Waals surface area contributed by atoms with E-state index in [0.717, 1.165) is 29.7 Å². The van der Waals surface area contributed by atoms with Crippen LogP contribution in [0.25, 0.3) is 0 Å². The number of methoxy groups -OCH3 is 1. The quantitative estimate of drug-likeness (QED) is 0.307. The number of sulfonamides is 1. The van der Waals surface area contributed by atoms with Crippen molar-refractivity contribution in [3.05, 3.63) is 57.8 Å². The number of carbonyl (C=O) groups is 2. The highest BCUT2D eigenvalue weighted by atomic mass is 79.9. The number of thiazole rings is 1. The average Bonchev–Trinajstić information content (AvgIpc) is 3.12. The average molecular weight is 587 g/mol. The van der Waals surface area contributed by atoms with Gasteiger partial charge in [-0.2, -0.15) is 0 Å². The van der Waals surface area contributed by atoms with Crippen molar-refractivity contribution in [2.24, 2.45) is 0 Å². The number of hydrogen-bond donors (Lipinski definition) is 3. The third-order valence-electron chi connectivity index (χ3n) is 4.23. The van der Waals surface area contributed by atoms with Crippen molar-refractivity contribution in [3.8, 4) is 17.2 Å². The van der Waals surface area contributed by atoms with Crippen LogP contribution < -0.4 is 24.8 Å². The van der Waals surface area contributed by atoms with E-state index in [4.69, 9.17) is 9.47 Å². The molecule has 0 atom stereocenters. The molecular weight excluding hydrogens is 567 g/mol. The van der Waals surface area contributed by atoms with E-state index in [1.54, 1.807) is 24.3 Å². The minimum atomic E-state index is -3.42. The molecule has 0 aliphatic carbocycles. The number of benzene rings is 2. The fourth-order valence-corrected chi connectivity index (χ4v) is 4.52. The van der Waals surface area contributed by atoms with Crippen molar-refractivity contribution >= 4 is 59.9 Å². The fourth-order valence-electron chi connectivity index (χ4n) is 2.70. The summed E-state index contributed by atoms with van der Waals surface area (Å²) in [4.78, 5) is 28.9. The third kappa shape index (κ3) is 7.99. The molecule has 186 valence electrons. The SMILES string of the molecule is COc1ccccc1Oc1cc(F)ccc1NC(=O)CC(=O)Nc1nc(CNS(C)(=O)=O)c(Br)s1. The molecule has 0 unspecified atom stereocenters. The molecule has 2 aromatic carbocycles. The van der Waals surface area contributed by atoms with Crippen LogP contribution >= 0.6 is 27.3 Å². The number of ether oxygens (including phenoxy) is 2. The highest BCUT2D eigenvalue weighted by Crippen LogP contribution is 2.35. The zero-order valence-electron chi connectivity index (χ0n) is 18.4. The number of hydrogen-bond acceptors (Lipinski definition) is 8. The Labute approximate surface area is 213 Å². The summed E-state index contributed by atoms with van der Waals surface area (Å²) < 4.78 is 50.1. The van der Waals surface area contributed by atoms with Crippen LogP contribution in [0.4, 0.5) is 15.2 Å². The summed E-state index contributed by atoms with van der Waals surface area (Å²) in [5.41, 5.74) is 0.533. The standard InChI is InChI=1S/C21H20BrFN4O6S2/c1-32-15-5-3-4-6-16(15)33-17-9-12(23)7-8-13(17)25-18(28)10-19(29)27-21-26-14(20(22)34-21)11-24-35(2,30)31/h3-9,24H,10-11H2,1-2H3,(H,25,28)(H,26,27,29). The normalized spacial score (nSPS) is 11.1. The molecule has 3 rings (SSSR count). The van der Waals surface area contributed by atoms with Gasteiger partial charge in [-0.15, -0.1) is 0 Å². The zero-order valence-corrected chi connectivity index (χ0v) is 21.6. The van der Waals surface area contributed by atoms with Crippen molar-refractivity contribution in [2.75, 3.05) is 24.0 Å². The number of nitrogens with zero attached hydrogens (tertiary/aromatic N) is 1. The Kier molecular flexibility index (Phi) is 8.77. The smallest absolute Gasteiger partial charge is 0.235 e. The van der Waals surface area contributed by atoms with Gasteiger partial charge in [0.2, 0.25) is 21.8 Å². The molecule has 0 aliphatic rings. The molecule has 0 spiro atoms. The van der Waals surface area contributed by atoms with Crippen LogP contribution in [0.15, 0.2) is 46.3 Å². The highest BCUT2D eigenvalue weighted by Gasteiger charge is 2.17. The molecule has 0 fully saturated rings. The molecule has 35 heavy (non-hydrogen) atoms. The summed E-state index contributed by atoms with van der Waals surface area (Å²) >= 11 is 4.32. The van der Waals surface area contributed by atoms with E-state index in [1.165, 1.54) is 13.2 Å². The monoisotopic (exact) mass is 586 g/mol. The topological polar surface area (TPSA) is 136 Å². The fraction of sp³-hybridized carbons (Fsp3) is 0.190. The van der Waals surface area contributed by atoms with Crippen LogP contribution in [0.2, 0.25) is 0 Å². The van der Waals surface area contributed by atoms with Gasteiger partial charge in [-0.3, -0.25) is 9.59 Å². The molecule has 0 saturated heterocycles. The van der Waals surface area contributed by atoms with Gasteiger partial charge in [-0.1, -0.05) is 23.5 Å². The molecule has 3 aromatic rings. The lowest BCUT2D eigenvalue weighted by Crippen LogP contribution is -2.22. The van der Waals surface area contributed by atoms with Crippen LogP contribution in [0.1, 0.15) is 12.1 Å². The van der Waals surface area contributed by atoms with Gasteiger partial charge < -0.3 is 20.1 Å². The maximum atomic E-state index is 13.8. The predicted octanol–water partition coefficient (Wildman–Crippen LogP) is 3.86. The second kappa shape index (κ2) is 11.6. The highest BCUT2D eigenvalue weighted by molar-refractivity contribution is 9.11. The first-order chi connectivity index (χ1) is 16.5. The van der Waals surface area contributed by atoms with Crippen molar-refractivity contribution in [1.82, 2.24) is 9.71 Å². The van der Waals surface area contributed by atoms with E-state index in [0.29, 0.717) is 21.0 Å². The predicted molar refractivity (Wildman–Crippen MR) is 133 cm³/mol. The number of rotatable bonds is 10. The molecule has 0 bridgehead atoms. The Morgan fingerprint density at radius 2 is 1.77 bits per heavy atom. The Hall–Kier alpha value is -3.07. The second-order valence-electron chi connectivity index (χ2n) is 7.00. The number of anilines is 2. The maximum Gasteiger partial charge on any atom is 0.235 e. The molecule has 1 heterocycles. The molecule has 1 aromatic heterocycles. The van der Waals surface area contributed by atoms with Crippen LogP contribution in [-0.2, 0) is 26.2 Å². The first-order valence-electron chi connectivity index (χ1n) is 9.84. The summed E-state index contributed by atoms with van der Waals surface area (Å²) in [5.74, 6) is -1.16. The van der Waals surface area contributed by atoms with Crippen LogP contribution in [0.3, 0.4) is 0 Å². The maximum absolute atomic E-state index is 13.8. The van der Waals surface area contributed by atoms with Gasteiger partial charge >= 0.3 is 0 Å². The van der Waals surface area contributed by atoms with Crippen molar-refractivity contribution in [1.29, 1.82) is 0 Å². The van der Waals surface area contributed by atoms with E-state index in [9.17, 15) is 22.4 Å². The van der Waals surface area contributed by atoms with Crippen molar-refractivity contribution in [3.63, 3.8) is 0 Å². The molecule has 14 heteroatoms. The van der Waals surface area contributed by atoms with Gasteiger partial charge in [0, 0.05) is 6.07 Å². The number of carbonyl (C=O) groups excluding carboxylic acids is 2. The Balaban J connectivity index is 1.64. The molecule has 2 amide bonds. The molecule has 0 aliphatic heterocycles. The van der Waals surface area contributed by atoms with Crippen LogP contribution in [-0.4, -0.2) is 38.6 Å². The number of aromatic nitrogens is 1. The zero-order chi connectivity index (χ0) is 25.6. The number of amides is 2. The van der Waals surface area contributed by atoms with E-state index in [1.807, 2.05) is 0 Å². The lowest BCUT2D eigenvalue weighted by molar-refractivity contribution is -0.123. The molecular formula is C21H20BrFN4O6S2. The van der Waals surface area contributed by atoms with E-state index in [2.05, 4.69) is 36.3 Å².